The lowest BCUT2D eigenvalue weighted by Crippen LogP contribution is -2.42. The lowest BCUT2D eigenvalue weighted by atomic mass is 9.99. The summed E-state index contributed by atoms with van der Waals surface area (Å²) in [6.07, 6.45) is 2.27. The number of piperidine rings is 1. The molecular formula is C27H29FN4O3. The van der Waals surface area contributed by atoms with Crippen molar-refractivity contribution in [2.24, 2.45) is 5.92 Å². The van der Waals surface area contributed by atoms with Gasteiger partial charge in [0, 0.05) is 37.0 Å². The Bertz CT molecular complexity index is 1200. The standard InChI is InChI=1S/C27H29FN4O3/c1-18(33)30-22-8-10-23(11-9-22)32-24(12-14-25(32)19-4-6-21(28)7-5-19)13-15-26(34)31-27(35)20-3-2-16-29-17-20/h4-12,14,20,29H,2-3,13,15-17H2,1H3,(H,30,33)(H,31,34,35)/t20-/m1/s1. The zero-order valence-corrected chi connectivity index (χ0v) is 19.6. The molecule has 35 heavy (non-hydrogen) atoms. The number of anilines is 1. The van der Waals surface area contributed by atoms with Crippen LogP contribution in [0.3, 0.4) is 0 Å². The Balaban J connectivity index is 1.54. The molecule has 3 aromatic rings. The predicted molar refractivity (Wildman–Crippen MR) is 133 cm³/mol. The summed E-state index contributed by atoms with van der Waals surface area (Å²) in [4.78, 5) is 36.3. The summed E-state index contributed by atoms with van der Waals surface area (Å²) in [5.41, 5.74) is 4.06. The van der Waals surface area contributed by atoms with Crippen molar-refractivity contribution in [3.8, 4) is 16.9 Å². The molecule has 0 saturated carbocycles. The molecule has 1 saturated heterocycles. The quantitative estimate of drug-likeness (QED) is 0.484. The van der Waals surface area contributed by atoms with E-state index in [4.69, 9.17) is 0 Å². The van der Waals surface area contributed by atoms with Gasteiger partial charge in [-0.05, 0) is 92.0 Å². The van der Waals surface area contributed by atoms with Gasteiger partial charge >= 0.3 is 0 Å². The fraction of sp³-hybridized carbons (Fsp3) is 0.296. The number of aromatic nitrogens is 1. The molecule has 182 valence electrons. The molecule has 1 fully saturated rings. The van der Waals surface area contributed by atoms with E-state index >= 15 is 0 Å². The van der Waals surface area contributed by atoms with Crippen molar-refractivity contribution in [2.75, 3.05) is 18.4 Å². The van der Waals surface area contributed by atoms with Crippen molar-refractivity contribution >= 4 is 23.4 Å². The molecule has 0 unspecified atom stereocenters. The Hall–Kier alpha value is -3.78. The van der Waals surface area contributed by atoms with Gasteiger partial charge in [0.15, 0.2) is 0 Å². The number of benzene rings is 2. The predicted octanol–water partition coefficient (Wildman–Crippen LogP) is 3.82. The molecular weight excluding hydrogens is 447 g/mol. The monoisotopic (exact) mass is 476 g/mol. The van der Waals surface area contributed by atoms with Crippen molar-refractivity contribution in [1.29, 1.82) is 0 Å². The molecule has 3 amide bonds. The van der Waals surface area contributed by atoms with E-state index in [0.717, 1.165) is 42.0 Å². The molecule has 0 aliphatic carbocycles. The minimum absolute atomic E-state index is 0.155. The maximum absolute atomic E-state index is 13.5. The van der Waals surface area contributed by atoms with E-state index in [1.54, 1.807) is 24.3 Å². The van der Waals surface area contributed by atoms with Gasteiger partial charge in [-0.1, -0.05) is 0 Å². The third-order valence-electron chi connectivity index (χ3n) is 6.09. The number of rotatable bonds is 7. The van der Waals surface area contributed by atoms with Crippen LogP contribution in [0.2, 0.25) is 0 Å². The molecule has 3 N–H and O–H groups in total. The van der Waals surface area contributed by atoms with E-state index in [1.807, 2.05) is 28.8 Å². The summed E-state index contributed by atoms with van der Waals surface area (Å²) in [7, 11) is 0. The zero-order valence-electron chi connectivity index (χ0n) is 19.6. The second kappa shape index (κ2) is 11.1. The topological polar surface area (TPSA) is 92.2 Å². The van der Waals surface area contributed by atoms with Gasteiger partial charge in [-0.3, -0.25) is 19.7 Å². The van der Waals surface area contributed by atoms with Gasteiger partial charge < -0.3 is 15.2 Å². The smallest absolute Gasteiger partial charge is 0.230 e. The summed E-state index contributed by atoms with van der Waals surface area (Å²) in [5, 5.41) is 8.48. The fourth-order valence-corrected chi connectivity index (χ4v) is 4.34. The van der Waals surface area contributed by atoms with Crippen LogP contribution < -0.4 is 16.0 Å². The highest BCUT2D eigenvalue weighted by atomic mass is 19.1. The van der Waals surface area contributed by atoms with Crippen LogP contribution in [-0.4, -0.2) is 35.4 Å². The van der Waals surface area contributed by atoms with Crippen LogP contribution in [0.1, 0.15) is 31.9 Å². The number of imide groups is 1. The van der Waals surface area contributed by atoms with Gasteiger partial charge in [0.2, 0.25) is 17.7 Å². The van der Waals surface area contributed by atoms with E-state index in [1.165, 1.54) is 19.1 Å². The molecule has 0 spiro atoms. The maximum Gasteiger partial charge on any atom is 0.230 e. The average Bonchev–Trinajstić information content (AvgIpc) is 3.28. The van der Waals surface area contributed by atoms with Crippen LogP contribution in [0.25, 0.3) is 16.9 Å². The molecule has 7 nitrogen and oxygen atoms in total. The number of hydrogen-bond donors (Lipinski definition) is 3. The molecule has 0 radical (unpaired) electrons. The molecule has 4 rings (SSSR count). The van der Waals surface area contributed by atoms with Crippen LogP contribution in [0.5, 0.6) is 0 Å². The van der Waals surface area contributed by atoms with E-state index in [2.05, 4.69) is 16.0 Å². The summed E-state index contributed by atoms with van der Waals surface area (Å²) in [6.45, 7) is 2.94. The molecule has 0 bridgehead atoms. The first-order chi connectivity index (χ1) is 16.9. The summed E-state index contributed by atoms with van der Waals surface area (Å²) in [5.74, 6) is -1.18. The van der Waals surface area contributed by atoms with Crippen LogP contribution >= 0.6 is 0 Å². The maximum atomic E-state index is 13.5. The number of aryl methyl sites for hydroxylation is 1. The SMILES string of the molecule is CC(=O)Nc1ccc(-n2c(CCC(=O)NC(=O)[C@@H]3CCCNC3)ccc2-c2ccc(F)cc2)cc1. The number of nitrogens with one attached hydrogen (secondary N) is 3. The molecule has 2 aromatic carbocycles. The number of halogens is 1. The normalized spacial score (nSPS) is 15.4. The number of carbonyl (C=O) groups excluding carboxylic acids is 3. The summed E-state index contributed by atoms with van der Waals surface area (Å²) < 4.78 is 15.5. The van der Waals surface area contributed by atoms with Crippen LogP contribution in [-0.2, 0) is 20.8 Å². The van der Waals surface area contributed by atoms with Gasteiger partial charge in [0.1, 0.15) is 5.82 Å². The van der Waals surface area contributed by atoms with Gasteiger partial charge in [-0.2, -0.15) is 0 Å². The number of nitrogens with zero attached hydrogens (tertiary/aromatic N) is 1. The van der Waals surface area contributed by atoms with Crippen molar-refractivity contribution in [3.05, 3.63) is 72.2 Å². The van der Waals surface area contributed by atoms with Gasteiger partial charge in [0.25, 0.3) is 0 Å². The molecule has 1 aliphatic heterocycles. The lowest BCUT2D eigenvalue weighted by Gasteiger charge is -2.21. The summed E-state index contributed by atoms with van der Waals surface area (Å²) >= 11 is 0. The van der Waals surface area contributed by atoms with Gasteiger partial charge in [-0.25, -0.2) is 4.39 Å². The minimum atomic E-state index is -0.318. The van der Waals surface area contributed by atoms with Crippen molar-refractivity contribution in [1.82, 2.24) is 15.2 Å². The minimum Gasteiger partial charge on any atom is -0.326 e. The van der Waals surface area contributed by atoms with Crippen molar-refractivity contribution in [3.63, 3.8) is 0 Å². The molecule has 1 aliphatic rings. The largest absolute Gasteiger partial charge is 0.326 e. The molecule has 2 heterocycles. The Morgan fingerprint density at radius 3 is 2.43 bits per heavy atom. The van der Waals surface area contributed by atoms with Gasteiger partial charge in [-0.15, -0.1) is 0 Å². The highest BCUT2D eigenvalue weighted by Gasteiger charge is 2.22. The lowest BCUT2D eigenvalue weighted by molar-refractivity contribution is -0.133. The molecule has 1 atom stereocenters. The molecule has 1 aromatic heterocycles. The first-order valence-electron chi connectivity index (χ1n) is 11.8. The number of amides is 3. The van der Waals surface area contributed by atoms with Crippen molar-refractivity contribution in [2.45, 2.75) is 32.6 Å². The van der Waals surface area contributed by atoms with E-state index in [-0.39, 0.29) is 35.9 Å². The van der Waals surface area contributed by atoms with Gasteiger partial charge in [0.05, 0.1) is 11.6 Å². The zero-order chi connectivity index (χ0) is 24.8. The van der Waals surface area contributed by atoms with Crippen LogP contribution in [0, 0.1) is 11.7 Å². The van der Waals surface area contributed by atoms with Crippen molar-refractivity contribution < 1.29 is 18.8 Å². The first kappa shape index (κ1) is 24.3. The van der Waals surface area contributed by atoms with Crippen LogP contribution in [0.15, 0.2) is 60.7 Å². The third-order valence-corrected chi connectivity index (χ3v) is 6.09. The van der Waals surface area contributed by atoms with Crippen LogP contribution in [0.4, 0.5) is 10.1 Å². The second-order valence-electron chi connectivity index (χ2n) is 8.74. The number of hydrogen-bond acceptors (Lipinski definition) is 4. The van der Waals surface area contributed by atoms with E-state index in [0.29, 0.717) is 18.7 Å². The summed E-state index contributed by atoms with van der Waals surface area (Å²) in [6, 6.07) is 17.5. The molecule has 8 heteroatoms. The Labute approximate surface area is 203 Å². The Morgan fingerprint density at radius 2 is 1.77 bits per heavy atom. The van der Waals surface area contributed by atoms with E-state index in [9.17, 15) is 18.8 Å². The first-order valence-corrected chi connectivity index (χ1v) is 11.8. The van der Waals surface area contributed by atoms with E-state index < -0.39 is 0 Å². The fourth-order valence-electron chi connectivity index (χ4n) is 4.34. The highest BCUT2D eigenvalue weighted by Crippen LogP contribution is 2.28. The number of carbonyl (C=O) groups is 3. The highest BCUT2D eigenvalue weighted by molar-refractivity contribution is 5.96. The average molecular weight is 477 g/mol. The second-order valence-corrected chi connectivity index (χ2v) is 8.74. The Morgan fingerprint density at radius 1 is 1.03 bits per heavy atom. The Kier molecular flexibility index (Phi) is 7.72. The third kappa shape index (κ3) is 6.22.